The number of fused-ring (bicyclic) bond motifs is 2. The fourth-order valence-corrected chi connectivity index (χ4v) is 7.78. The van der Waals surface area contributed by atoms with E-state index < -0.39 is 21.5 Å². The lowest BCUT2D eigenvalue weighted by molar-refractivity contribution is -0.438. The zero-order valence-electron chi connectivity index (χ0n) is 27.7. The molecule has 2 aromatic carbocycles. The van der Waals surface area contributed by atoms with Gasteiger partial charge in [-0.2, -0.15) is 13.0 Å². The summed E-state index contributed by atoms with van der Waals surface area (Å²) in [7, 11) is -4.34. The van der Waals surface area contributed by atoms with Crippen molar-refractivity contribution in [3.8, 4) is 0 Å². The Hall–Kier alpha value is -3.75. The smallest absolute Gasteiger partial charge is 0.303 e. The van der Waals surface area contributed by atoms with Gasteiger partial charge in [0.05, 0.1) is 10.3 Å². The zero-order chi connectivity index (χ0) is 33.3. The predicted octanol–water partition coefficient (Wildman–Crippen LogP) is 8.25. The molecule has 0 unspecified atom stereocenters. The Morgan fingerprint density at radius 2 is 1.72 bits per heavy atom. The Bertz CT molecular complexity index is 1790. The first-order chi connectivity index (χ1) is 21.7. The van der Waals surface area contributed by atoms with E-state index in [9.17, 15) is 17.8 Å². The van der Waals surface area contributed by atoms with Crippen LogP contribution in [-0.4, -0.2) is 47.4 Å². The predicted molar refractivity (Wildman–Crippen MR) is 185 cm³/mol. The number of nitrogens with zero attached hydrogens (tertiary/aromatic N) is 2. The normalized spacial score (nSPS) is 20.5. The van der Waals surface area contributed by atoms with Gasteiger partial charge in [0, 0.05) is 53.9 Å². The summed E-state index contributed by atoms with van der Waals surface area (Å²) in [4.78, 5) is 13.3. The molecule has 2 heterocycles. The molecule has 5 rings (SSSR count). The Balaban J connectivity index is 1.44. The van der Waals surface area contributed by atoms with E-state index in [2.05, 4.69) is 98.7 Å². The van der Waals surface area contributed by atoms with Crippen molar-refractivity contribution >= 4 is 33.2 Å². The first-order valence-electron chi connectivity index (χ1n) is 16.4. The van der Waals surface area contributed by atoms with E-state index in [1.807, 2.05) is 0 Å². The van der Waals surface area contributed by atoms with E-state index in [-0.39, 0.29) is 16.7 Å². The number of rotatable bonds is 11. The number of allylic oxidation sites excluding steroid dienone is 8. The summed E-state index contributed by atoms with van der Waals surface area (Å²) in [6, 6.07) is 13.5. The highest BCUT2D eigenvalue weighted by Crippen LogP contribution is 2.47. The number of hydrogen-bond donors (Lipinski definition) is 2. The van der Waals surface area contributed by atoms with Gasteiger partial charge in [-0.1, -0.05) is 50.3 Å². The molecule has 2 aromatic rings. The molecule has 0 amide bonds. The number of hydrogen-bond acceptors (Lipinski definition) is 4. The molecule has 0 saturated carbocycles. The SMILES string of the molecule is CCN1/C(=C/C=C2C=C(/C=C/C3=[N+](CCCCCC(=O)O)c4ccc(S(=O)(=O)O)cc4C3(C)C)CCC/2)C(C)(C)c2ccccc21. The molecule has 2 N–H and O–H groups in total. The second kappa shape index (κ2) is 13.2. The van der Waals surface area contributed by atoms with Gasteiger partial charge in [0.25, 0.3) is 10.1 Å². The summed E-state index contributed by atoms with van der Waals surface area (Å²) in [5.41, 5.74) is 8.74. The maximum Gasteiger partial charge on any atom is 0.303 e. The largest absolute Gasteiger partial charge is 0.481 e. The molecule has 2 aliphatic heterocycles. The Morgan fingerprint density at radius 3 is 2.43 bits per heavy atom. The highest BCUT2D eigenvalue weighted by molar-refractivity contribution is 7.85. The van der Waals surface area contributed by atoms with Crippen LogP contribution in [0.2, 0.25) is 0 Å². The van der Waals surface area contributed by atoms with Crippen molar-refractivity contribution in [1.82, 2.24) is 0 Å². The molecule has 244 valence electrons. The monoisotopic (exact) mass is 643 g/mol. The number of para-hydroxylation sites is 1. The van der Waals surface area contributed by atoms with Crippen LogP contribution in [0, 0.1) is 0 Å². The summed E-state index contributed by atoms with van der Waals surface area (Å²) < 4.78 is 36.0. The van der Waals surface area contributed by atoms with Gasteiger partial charge in [-0.25, -0.2) is 0 Å². The molecular weight excluding hydrogens is 596 g/mol. The molecule has 0 aromatic heterocycles. The Kier molecular flexibility index (Phi) is 9.62. The second-order valence-electron chi connectivity index (χ2n) is 13.6. The molecule has 0 saturated heterocycles. The van der Waals surface area contributed by atoms with Crippen molar-refractivity contribution in [3.63, 3.8) is 0 Å². The molecule has 0 radical (unpaired) electrons. The topological polar surface area (TPSA) is 97.9 Å². The lowest BCUT2D eigenvalue weighted by Crippen LogP contribution is -2.28. The standard InChI is InChI=1S/C38H46N2O5S/c1-6-39-32-16-10-9-15-30(32)37(2,3)34(39)22-18-27-13-12-14-28(25-27)19-23-35-38(4,5)31-26-29(46(43,44)45)20-21-33(31)40(35)24-11-7-8-17-36(41)42/h9-10,15-16,18-23,25-26H,6-8,11-14,17,24H2,1-5H3,(H-,41,42,43,44,45)/p+1. The number of carboxylic acid groups (broad SMARTS) is 1. The minimum Gasteiger partial charge on any atom is -0.481 e. The number of aliphatic carboxylic acids is 1. The maximum atomic E-state index is 12.0. The number of carbonyl (C=O) groups is 1. The fourth-order valence-electron chi connectivity index (χ4n) is 7.27. The molecule has 3 aliphatic rings. The van der Waals surface area contributed by atoms with Crippen LogP contribution in [0.25, 0.3) is 0 Å². The number of likely N-dealkylation sites (N-methyl/N-ethyl adjacent to an activating group) is 1. The highest BCUT2D eigenvalue weighted by Gasteiger charge is 2.45. The molecule has 0 bridgehead atoms. The van der Waals surface area contributed by atoms with Gasteiger partial charge in [-0.05, 0) is 93.9 Å². The lowest BCUT2D eigenvalue weighted by atomic mass is 9.81. The Morgan fingerprint density at radius 1 is 0.957 bits per heavy atom. The van der Waals surface area contributed by atoms with Gasteiger partial charge >= 0.3 is 5.97 Å². The molecule has 8 heteroatoms. The molecule has 7 nitrogen and oxygen atoms in total. The lowest BCUT2D eigenvalue weighted by Gasteiger charge is -2.26. The van der Waals surface area contributed by atoms with Gasteiger partial charge in [0.1, 0.15) is 6.54 Å². The Labute approximate surface area is 274 Å². The second-order valence-corrected chi connectivity index (χ2v) is 15.0. The number of benzene rings is 2. The minimum atomic E-state index is -4.34. The first-order valence-corrected chi connectivity index (χ1v) is 17.8. The van der Waals surface area contributed by atoms with Crippen LogP contribution in [0.4, 0.5) is 11.4 Å². The molecule has 1 aliphatic carbocycles. The number of carboxylic acids is 1. The quantitative estimate of drug-likeness (QED) is 0.145. The van der Waals surface area contributed by atoms with Crippen molar-refractivity contribution in [2.45, 2.75) is 95.3 Å². The molecule has 0 fully saturated rings. The first kappa shape index (κ1) is 33.6. The summed E-state index contributed by atoms with van der Waals surface area (Å²) in [6.45, 7) is 12.6. The van der Waals surface area contributed by atoms with Crippen molar-refractivity contribution in [2.75, 3.05) is 18.0 Å². The van der Waals surface area contributed by atoms with Crippen LogP contribution in [0.3, 0.4) is 0 Å². The molecule has 0 atom stereocenters. The third-order valence-corrected chi connectivity index (χ3v) is 10.6. The van der Waals surface area contributed by atoms with Crippen molar-refractivity contribution in [3.05, 3.63) is 101 Å². The van der Waals surface area contributed by atoms with E-state index in [1.54, 1.807) is 12.1 Å². The molecular formula is C38H47N2O5S+. The number of unbranched alkanes of at least 4 members (excludes halogenated alkanes) is 2. The highest BCUT2D eigenvalue weighted by atomic mass is 32.2. The van der Waals surface area contributed by atoms with E-state index in [0.717, 1.165) is 55.6 Å². The van der Waals surface area contributed by atoms with Crippen LogP contribution in [-0.2, 0) is 25.7 Å². The van der Waals surface area contributed by atoms with E-state index in [0.29, 0.717) is 13.0 Å². The summed E-state index contributed by atoms with van der Waals surface area (Å²) in [5, 5.41) is 9.03. The minimum absolute atomic E-state index is 0.0726. The number of anilines is 1. The van der Waals surface area contributed by atoms with Crippen LogP contribution in [0.1, 0.15) is 90.7 Å². The average molecular weight is 644 g/mol. The van der Waals surface area contributed by atoms with E-state index in [1.165, 1.54) is 34.2 Å². The van der Waals surface area contributed by atoms with Gasteiger partial charge in [0.2, 0.25) is 5.69 Å². The van der Waals surface area contributed by atoms with E-state index >= 15 is 0 Å². The van der Waals surface area contributed by atoms with Gasteiger partial charge in [-0.3, -0.25) is 9.35 Å². The van der Waals surface area contributed by atoms with Crippen molar-refractivity contribution < 1.29 is 27.4 Å². The van der Waals surface area contributed by atoms with Crippen LogP contribution >= 0.6 is 0 Å². The van der Waals surface area contributed by atoms with E-state index in [4.69, 9.17) is 5.11 Å². The third kappa shape index (κ3) is 6.69. The van der Waals surface area contributed by atoms with Crippen LogP contribution < -0.4 is 4.90 Å². The van der Waals surface area contributed by atoms with Crippen LogP contribution in [0.15, 0.2) is 94.6 Å². The zero-order valence-corrected chi connectivity index (χ0v) is 28.5. The molecule has 46 heavy (non-hydrogen) atoms. The van der Waals surface area contributed by atoms with Gasteiger partial charge < -0.3 is 10.0 Å². The van der Waals surface area contributed by atoms with Crippen LogP contribution in [0.5, 0.6) is 0 Å². The summed E-state index contributed by atoms with van der Waals surface area (Å²) in [6.07, 6.45) is 16.6. The van der Waals surface area contributed by atoms with Crippen molar-refractivity contribution in [2.24, 2.45) is 0 Å². The summed E-state index contributed by atoms with van der Waals surface area (Å²) in [5.74, 6) is -0.786. The van der Waals surface area contributed by atoms with Gasteiger partial charge in [0.15, 0.2) is 5.71 Å². The maximum absolute atomic E-state index is 12.0. The fraction of sp³-hybridized carbons (Fsp3) is 0.421. The third-order valence-electron chi connectivity index (χ3n) is 9.76. The average Bonchev–Trinajstić information content (AvgIpc) is 3.36. The summed E-state index contributed by atoms with van der Waals surface area (Å²) >= 11 is 0. The van der Waals surface area contributed by atoms with Crippen molar-refractivity contribution in [1.29, 1.82) is 0 Å². The van der Waals surface area contributed by atoms with Gasteiger partial charge in [-0.15, -0.1) is 0 Å². The molecule has 0 spiro atoms.